The number of rotatable bonds is 14. The van der Waals surface area contributed by atoms with Crippen molar-refractivity contribution in [1.82, 2.24) is 15.5 Å². The fraction of sp³-hybridized carbons (Fsp3) is 0.909. The molecule has 1 saturated heterocycles. The topological polar surface area (TPSA) is 82.8 Å². The highest BCUT2D eigenvalue weighted by molar-refractivity contribution is 5.79. The van der Waals surface area contributed by atoms with E-state index in [0.29, 0.717) is 0 Å². The van der Waals surface area contributed by atoms with Gasteiger partial charge in [0.05, 0.1) is 0 Å². The number of nitrogens with one attached hydrogen (secondary N) is 2. The number of carbonyl (C=O) groups excluding carboxylic acids is 1. The molecule has 28 heavy (non-hydrogen) atoms. The molecule has 0 aliphatic carbocycles. The van der Waals surface area contributed by atoms with E-state index in [1.54, 1.807) is 0 Å². The molecule has 1 aliphatic rings. The van der Waals surface area contributed by atoms with E-state index in [1.807, 2.05) is 0 Å². The smallest absolute Gasteiger partial charge is 0.220 e. The first-order valence-electron chi connectivity index (χ1n) is 11.6. The normalized spacial score (nSPS) is 16.5. The second-order valence-corrected chi connectivity index (χ2v) is 8.51. The van der Waals surface area contributed by atoms with Gasteiger partial charge in [-0.3, -0.25) is 9.79 Å². The van der Waals surface area contributed by atoms with Gasteiger partial charge in [-0.2, -0.15) is 0 Å². The Kier molecular flexibility index (Phi) is 13.8. The molecule has 0 saturated carbocycles. The van der Waals surface area contributed by atoms with Gasteiger partial charge in [0.1, 0.15) is 0 Å². The number of hydrogen-bond acceptors (Lipinski definition) is 3. The first-order chi connectivity index (χ1) is 13.5. The van der Waals surface area contributed by atoms with Crippen LogP contribution in [0.15, 0.2) is 4.99 Å². The Balaban J connectivity index is 2.07. The summed E-state index contributed by atoms with van der Waals surface area (Å²) in [5, 5.41) is 6.80. The van der Waals surface area contributed by atoms with Gasteiger partial charge in [-0.1, -0.05) is 39.5 Å². The van der Waals surface area contributed by atoms with Crippen LogP contribution >= 0.6 is 0 Å². The Morgan fingerprint density at radius 2 is 1.79 bits per heavy atom. The van der Waals surface area contributed by atoms with Crippen LogP contribution in [0.25, 0.3) is 0 Å². The lowest BCUT2D eigenvalue weighted by molar-refractivity contribution is -0.123. The molecule has 6 heteroatoms. The zero-order valence-corrected chi connectivity index (χ0v) is 18.6. The van der Waals surface area contributed by atoms with Gasteiger partial charge in [0.25, 0.3) is 0 Å². The van der Waals surface area contributed by atoms with Crippen LogP contribution in [0.2, 0.25) is 0 Å². The second-order valence-electron chi connectivity index (χ2n) is 8.51. The van der Waals surface area contributed by atoms with Crippen molar-refractivity contribution in [2.75, 3.05) is 39.3 Å². The fourth-order valence-corrected chi connectivity index (χ4v) is 3.66. The number of primary amides is 1. The highest BCUT2D eigenvalue weighted by Gasteiger charge is 2.22. The minimum atomic E-state index is -0.130. The number of likely N-dealkylation sites (tertiary alicyclic amines) is 1. The number of piperidine rings is 1. The van der Waals surface area contributed by atoms with Crippen LogP contribution in [-0.2, 0) is 4.79 Å². The Morgan fingerprint density at radius 3 is 2.43 bits per heavy atom. The Labute approximate surface area is 173 Å². The van der Waals surface area contributed by atoms with Crippen LogP contribution in [0.3, 0.4) is 0 Å². The van der Waals surface area contributed by atoms with Crippen molar-refractivity contribution in [2.45, 2.75) is 78.6 Å². The summed E-state index contributed by atoms with van der Waals surface area (Å²) in [5.74, 6) is 1.73. The average molecular weight is 396 g/mol. The van der Waals surface area contributed by atoms with Crippen LogP contribution in [0.1, 0.15) is 78.6 Å². The zero-order valence-electron chi connectivity index (χ0n) is 18.6. The van der Waals surface area contributed by atoms with Crippen LogP contribution < -0.4 is 16.4 Å². The standard InChI is InChI=1S/C22H45N5O/c1-4-24-22(25-14-8-6-5-7-11-19(2)3)26-15-9-10-16-27-17-12-20(13-18-27)21(23)28/h19-20H,4-18H2,1-3H3,(H2,23,28)(H2,24,25,26). The highest BCUT2D eigenvalue weighted by atomic mass is 16.1. The summed E-state index contributed by atoms with van der Waals surface area (Å²) >= 11 is 0. The molecule has 6 nitrogen and oxygen atoms in total. The minimum absolute atomic E-state index is 0.0898. The Bertz CT molecular complexity index is 431. The molecule has 164 valence electrons. The summed E-state index contributed by atoms with van der Waals surface area (Å²) in [4.78, 5) is 18.4. The quantitative estimate of drug-likeness (QED) is 0.240. The maximum Gasteiger partial charge on any atom is 0.220 e. The van der Waals surface area contributed by atoms with E-state index in [9.17, 15) is 4.79 Å². The average Bonchev–Trinajstić information content (AvgIpc) is 2.67. The molecule has 0 aromatic carbocycles. The van der Waals surface area contributed by atoms with Gasteiger partial charge in [0.2, 0.25) is 5.91 Å². The predicted octanol–water partition coefficient (Wildman–Crippen LogP) is 3.13. The largest absolute Gasteiger partial charge is 0.369 e. The van der Waals surface area contributed by atoms with Gasteiger partial charge in [-0.15, -0.1) is 0 Å². The molecule has 0 aromatic heterocycles. The molecular weight excluding hydrogens is 350 g/mol. The van der Waals surface area contributed by atoms with Gasteiger partial charge in [0, 0.05) is 25.6 Å². The number of unbranched alkanes of at least 4 members (excludes halogenated alkanes) is 4. The van der Waals surface area contributed by atoms with Gasteiger partial charge in [-0.05, 0) is 64.6 Å². The molecule has 1 fully saturated rings. The monoisotopic (exact) mass is 395 g/mol. The molecule has 1 aliphatic heterocycles. The molecule has 1 rings (SSSR count). The summed E-state index contributed by atoms with van der Waals surface area (Å²) < 4.78 is 0. The predicted molar refractivity (Wildman–Crippen MR) is 119 cm³/mol. The minimum Gasteiger partial charge on any atom is -0.369 e. The van der Waals surface area contributed by atoms with Crippen molar-refractivity contribution in [3.8, 4) is 0 Å². The fourth-order valence-electron chi connectivity index (χ4n) is 3.66. The van der Waals surface area contributed by atoms with Crippen molar-refractivity contribution in [2.24, 2.45) is 22.6 Å². The van der Waals surface area contributed by atoms with Crippen LogP contribution in [0, 0.1) is 11.8 Å². The van der Waals surface area contributed by atoms with E-state index < -0.39 is 0 Å². The number of nitrogens with two attached hydrogens (primary N) is 1. The van der Waals surface area contributed by atoms with Gasteiger partial charge < -0.3 is 21.3 Å². The van der Waals surface area contributed by atoms with E-state index in [0.717, 1.165) is 70.4 Å². The van der Waals surface area contributed by atoms with E-state index >= 15 is 0 Å². The number of amides is 1. The number of aliphatic imine (C=N–C) groups is 1. The summed E-state index contributed by atoms with van der Waals surface area (Å²) in [6, 6.07) is 0. The summed E-state index contributed by atoms with van der Waals surface area (Å²) in [6.45, 7) is 12.6. The third-order valence-corrected chi connectivity index (χ3v) is 5.49. The number of nitrogens with zero attached hydrogens (tertiary/aromatic N) is 2. The van der Waals surface area contributed by atoms with Crippen LogP contribution in [0.4, 0.5) is 0 Å². The maximum atomic E-state index is 11.2. The lowest BCUT2D eigenvalue weighted by atomic mass is 9.96. The van der Waals surface area contributed by atoms with Crippen molar-refractivity contribution in [3.63, 3.8) is 0 Å². The van der Waals surface area contributed by atoms with E-state index in [1.165, 1.54) is 38.5 Å². The lowest BCUT2D eigenvalue weighted by Crippen LogP contribution is -2.39. The second kappa shape index (κ2) is 15.6. The number of carbonyl (C=O) groups is 1. The van der Waals surface area contributed by atoms with Crippen molar-refractivity contribution < 1.29 is 4.79 Å². The molecule has 4 N–H and O–H groups in total. The maximum absolute atomic E-state index is 11.2. The molecular formula is C22H45N5O. The molecule has 0 aromatic rings. The molecule has 0 radical (unpaired) electrons. The van der Waals surface area contributed by atoms with Crippen molar-refractivity contribution >= 4 is 11.9 Å². The highest BCUT2D eigenvalue weighted by Crippen LogP contribution is 2.16. The van der Waals surface area contributed by atoms with Crippen molar-refractivity contribution in [1.29, 1.82) is 0 Å². The number of guanidine groups is 1. The third-order valence-electron chi connectivity index (χ3n) is 5.49. The van der Waals surface area contributed by atoms with Crippen molar-refractivity contribution in [3.05, 3.63) is 0 Å². The summed E-state index contributed by atoms with van der Waals surface area (Å²) in [5.41, 5.74) is 5.40. The molecule has 0 unspecified atom stereocenters. The van der Waals surface area contributed by atoms with Gasteiger partial charge in [0.15, 0.2) is 5.96 Å². The van der Waals surface area contributed by atoms with Gasteiger partial charge in [-0.25, -0.2) is 0 Å². The molecule has 0 bridgehead atoms. The lowest BCUT2D eigenvalue weighted by Gasteiger charge is -2.30. The SMILES string of the molecule is CCNC(=NCCCCCCC(C)C)NCCCCN1CCC(C(N)=O)CC1. The summed E-state index contributed by atoms with van der Waals surface area (Å²) in [6.07, 6.45) is 10.6. The van der Waals surface area contributed by atoms with E-state index in [4.69, 9.17) is 10.7 Å². The van der Waals surface area contributed by atoms with Crippen LogP contribution in [-0.4, -0.2) is 56.0 Å². The zero-order chi connectivity index (χ0) is 20.6. The van der Waals surface area contributed by atoms with Crippen LogP contribution in [0.5, 0.6) is 0 Å². The van der Waals surface area contributed by atoms with E-state index in [-0.39, 0.29) is 11.8 Å². The first-order valence-corrected chi connectivity index (χ1v) is 11.6. The molecule has 0 spiro atoms. The number of hydrogen-bond donors (Lipinski definition) is 3. The van der Waals surface area contributed by atoms with Gasteiger partial charge >= 0.3 is 0 Å². The molecule has 1 heterocycles. The Hall–Kier alpha value is -1.30. The van der Waals surface area contributed by atoms with E-state index in [2.05, 4.69) is 36.3 Å². The Morgan fingerprint density at radius 1 is 1.07 bits per heavy atom. The summed E-state index contributed by atoms with van der Waals surface area (Å²) in [7, 11) is 0. The molecule has 1 amide bonds. The first kappa shape index (κ1) is 24.7. The third kappa shape index (κ3) is 12.2. The molecule has 0 atom stereocenters.